The summed E-state index contributed by atoms with van der Waals surface area (Å²) in [5.41, 5.74) is 1.54. The first-order valence-corrected chi connectivity index (χ1v) is 8.95. The van der Waals surface area contributed by atoms with Crippen LogP contribution in [0.3, 0.4) is 0 Å². The maximum atomic E-state index is 12.5. The van der Waals surface area contributed by atoms with Gasteiger partial charge in [-0.25, -0.2) is 18.1 Å². The number of methoxy groups -OCH3 is 1. The molecule has 0 spiro atoms. The topological polar surface area (TPSA) is 102 Å². The summed E-state index contributed by atoms with van der Waals surface area (Å²) in [6.07, 6.45) is 1.47. The normalized spacial score (nSPS) is 12.2. The molecule has 8 nitrogen and oxygen atoms in total. The van der Waals surface area contributed by atoms with E-state index in [1.807, 2.05) is 26.0 Å². The van der Waals surface area contributed by atoms with Crippen molar-refractivity contribution in [3.63, 3.8) is 0 Å². The number of rotatable bonds is 6. The van der Waals surface area contributed by atoms with Crippen LogP contribution in [0.1, 0.15) is 25.7 Å². The number of nitrogens with zero attached hydrogens (tertiary/aromatic N) is 3. The highest BCUT2D eigenvalue weighted by Crippen LogP contribution is 2.19. The number of sulfonamides is 1. The molecule has 0 saturated heterocycles. The molecule has 24 heavy (non-hydrogen) atoms. The van der Waals surface area contributed by atoms with Crippen LogP contribution in [0, 0.1) is 0 Å². The molecule has 0 atom stereocenters. The van der Waals surface area contributed by atoms with Crippen LogP contribution in [-0.2, 0) is 16.6 Å². The average molecular weight is 349 g/mol. The Morgan fingerprint density at radius 1 is 1.33 bits per heavy atom. The summed E-state index contributed by atoms with van der Waals surface area (Å²) in [6.45, 7) is 3.81. The van der Waals surface area contributed by atoms with Gasteiger partial charge < -0.3 is 9.72 Å². The Morgan fingerprint density at radius 2 is 2.12 bits per heavy atom. The third-order valence-electron chi connectivity index (χ3n) is 3.57. The Kier molecular flexibility index (Phi) is 4.29. The van der Waals surface area contributed by atoms with E-state index in [4.69, 9.17) is 4.74 Å². The van der Waals surface area contributed by atoms with Crippen LogP contribution < -0.4 is 9.46 Å². The molecule has 0 fully saturated rings. The van der Waals surface area contributed by atoms with E-state index in [0.717, 1.165) is 11.0 Å². The van der Waals surface area contributed by atoms with Crippen LogP contribution in [0.2, 0.25) is 0 Å². The molecule has 1 aromatic carbocycles. The van der Waals surface area contributed by atoms with Crippen molar-refractivity contribution in [2.45, 2.75) is 31.5 Å². The minimum absolute atomic E-state index is 0.0507. The van der Waals surface area contributed by atoms with Gasteiger partial charge in [0.25, 0.3) is 10.0 Å². The number of benzene rings is 1. The van der Waals surface area contributed by atoms with Crippen molar-refractivity contribution in [1.82, 2.24) is 24.5 Å². The molecule has 0 aliphatic heterocycles. The molecule has 3 rings (SSSR count). The van der Waals surface area contributed by atoms with Crippen molar-refractivity contribution < 1.29 is 13.2 Å². The maximum Gasteiger partial charge on any atom is 0.258 e. The Hall–Kier alpha value is -2.39. The molecule has 0 radical (unpaired) electrons. The lowest BCUT2D eigenvalue weighted by atomic mass is 10.3. The number of nitrogens with one attached hydrogen (secondary N) is 2. The van der Waals surface area contributed by atoms with E-state index in [0.29, 0.717) is 11.6 Å². The lowest BCUT2D eigenvalue weighted by Crippen LogP contribution is -2.27. The van der Waals surface area contributed by atoms with Gasteiger partial charge in [0.2, 0.25) is 0 Å². The molecule has 0 bridgehead atoms. The number of hydrogen-bond donors (Lipinski definition) is 2. The van der Waals surface area contributed by atoms with E-state index >= 15 is 0 Å². The van der Waals surface area contributed by atoms with E-state index in [1.54, 1.807) is 13.2 Å². The van der Waals surface area contributed by atoms with Crippen LogP contribution in [-0.4, -0.2) is 35.3 Å². The monoisotopic (exact) mass is 349 g/mol. The van der Waals surface area contributed by atoms with Gasteiger partial charge in [0, 0.05) is 12.1 Å². The molecule has 0 unspecified atom stereocenters. The van der Waals surface area contributed by atoms with E-state index in [9.17, 15) is 8.42 Å². The van der Waals surface area contributed by atoms with E-state index in [1.165, 1.54) is 16.9 Å². The number of H-pyrrole nitrogens is 1. The fourth-order valence-electron chi connectivity index (χ4n) is 2.39. The first-order chi connectivity index (χ1) is 11.4. The van der Waals surface area contributed by atoms with E-state index in [2.05, 4.69) is 19.8 Å². The van der Waals surface area contributed by atoms with Crippen molar-refractivity contribution in [3.05, 3.63) is 36.3 Å². The second kappa shape index (κ2) is 6.25. The fraction of sp³-hybridized carbons (Fsp3) is 0.333. The van der Waals surface area contributed by atoms with Crippen LogP contribution >= 0.6 is 0 Å². The molecule has 2 heterocycles. The third kappa shape index (κ3) is 3.13. The van der Waals surface area contributed by atoms with Gasteiger partial charge in [-0.3, -0.25) is 4.68 Å². The summed E-state index contributed by atoms with van der Waals surface area (Å²) in [5, 5.41) is 4.19. The van der Waals surface area contributed by atoms with E-state index in [-0.39, 0.29) is 17.6 Å². The van der Waals surface area contributed by atoms with Crippen molar-refractivity contribution in [2.24, 2.45) is 0 Å². The number of imidazole rings is 1. The zero-order valence-electron chi connectivity index (χ0n) is 13.6. The number of ether oxygens (including phenoxy) is 1. The standard InChI is InChI=1S/C15H19N5O3S/c1-10(2)20-15(6-7-16-20)24(21,22)17-9-14-18-12-5-4-11(23-3)8-13(12)19-14/h4-8,10,17H,9H2,1-3H3,(H,18,19). The Morgan fingerprint density at radius 3 is 2.83 bits per heavy atom. The highest BCUT2D eigenvalue weighted by molar-refractivity contribution is 7.89. The Labute approximate surface area is 139 Å². The second-order valence-corrected chi connectivity index (χ2v) is 7.31. The zero-order chi connectivity index (χ0) is 17.3. The molecule has 0 aliphatic carbocycles. The largest absolute Gasteiger partial charge is 0.497 e. The highest BCUT2D eigenvalue weighted by Gasteiger charge is 2.21. The third-order valence-corrected chi connectivity index (χ3v) is 4.96. The minimum atomic E-state index is -3.68. The average Bonchev–Trinajstić information content (AvgIpc) is 3.19. The SMILES string of the molecule is COc1ccc2nc(CNS(=O)(=O)c3ccnn3C(C)C)[nH]c2c1. The summed E-state index contributed by atoms with van der Waals surface area (Å²) in [4.78, 5) is 7.45. The molecule has 0 amide bonds. The Bertz CT molecular complexity index is 959. The van der Waals surface area contributed by atoms with Crippen molar-refractivity contribution in [3.8, 4) is 5.75 Å². The number of aromatic amines is 1. The summed E-state index contributed by atoms with van der Waals surface area (Å²) in [5.74, 6) is 1.23. The molecule has 0 aliphatic rings. The van der Waals surface area contributed by atoms with E-state index < -0.39 is 10.0 Å². The van der Waals surface area contributed by atoms with Crippen LogP contribution in [0.25, 0.3) is 11.0 Å². The maximum absolute atomic E-state index is 12.5. The van der Waals surface area contributed by atoms with Crippen molar-refractivity contribution >= 4 is 21.1 Å². The molecule has 128 valence electrons. The first-order valence-electron chi connectivity index (χ1n) is 7.46. The molecule has 2 N–H and O–H groups in total. The zero-order valence-corrected chi connectivity index (χ0v) is 14.5. The molecule has 9 heteroatoms. The number of fused-ring (bicyclic) bond motifs is 1. The fourth-order valence-corrected chi connectivity index (χ4v) is 3.61. The molecular formula is C15H19N5O3S. The van der Waals surface area contributed by atoms with Gasteiger partial charge in [0.15, 0.2) is 5.03 Å². The van der Waals surface area contributed by atoms with Crippen molar-refractivity contribution in [1.29, 1.82) is 0 Å². The summed E-state index contributed by atoms with van der Waals surface area (Å²) < 4.78 is 34.1. The quantitative estimate of drug-likeness (QED) is 0.707. The predicted octanol–water partition coefficient (Wildman–Crippen LogP) is 1.83. The van der Waals surface area contributed by atoms with Gasteiger partial charge in [-0.2, -0.15) is 5.10 Å². The molecule has 0 saturated carbocycles. The predicted molar refractivity (Wildman–Crippen MR) is 89.3 cm³/mol. The summed E-state index contributed by atoms with van der Waals surface area (Å²) >= 11 is 0. The van der Waals surface area contributed by atoms with Gasteiger partial charge in [0.1, 0.15) is 11.6 Å². The van der Waals surface area contributed by atoms with Gasteiger partial charge in [0.05, 0.1) is 30.9 Å². The van der Waals surface area contributed by atoms with Gasteiger partial charge in [-0.05, 0) is 32.0 Å². The Balaban J connectivity index is 1.80. The van der Waals surface area contributed by atoms with Crippen LogP contribution in [0.4, 0.5) is 0 Å². The molecular weight excluding hydrogens is 330 g/mol. The number of aromatic nitrogens is 4. The highest BCUT2D eigenvalue weighted by atomic mass is 32.2. The summed E-state index contributed by atoms with van der Waals surface area (Å²) in [7, 11) is -2.09. The molecule has 2 aromatic heterocycles. The van der Waals surface area contributed by atoms with Gasteiger partial charge in [-0.15, -0.1) is 0 Å². The lowest BCUT2D eigenvalue weighted by molar-refractivity contribution is 0.415. The summed E-state index contributed by atoms with van der Waals surface area (Å²) in [6, 6.07) is 6.86. The van der Waals surface area contributed by atoms with Gasteiger partial charge >= 0.3 is 0 Å². The number of hydrogen-bond acceptors (Lipinski definition) is 5. The van der Waals surface area contributed by atoms with Gasteiger partial charge in [-0.1, -0.05) is 0 Å². The smallest absolute Gasteiger partial charge is 0.258 e. The van der Waals surface area contributed by atoms with Crippen LogP contribution in [0.15, 0.2) is 35.5 Å². The first kappa shape index (κ1) is 16.5. The molecule has 3 aromatic rings. The minimum Gasteiger partial charge on any atom is -0.497 e. The second-order valence-electron chi connectivity index (χ2n) is 5.60. The lowest BCUT2D eigenvalue weighted by Gasteiger charge is -2.11. The van der Waals surface area contributed by atoms with Crippen molar-refractivity contribution in [2.75, 3.05) is 7.11 Å². The van der Waals surface area contributed by atoms with Crippen LogP contribution in [0.5, 0.6) is 5.75 Å².